The highest BCUT2D eigenvalue weighted by atomic mass is 19.4. The summed E-state index contributed by atoms with van der Waals surface area (Å²) in [7, 11) is 1.86. The second-order valence-corrected chi connectivity index (χ2v) is 10.7. The summed E-state index contributed by atoms with van der Waals surface area (Å²) >= 11 is 0. The Labute approximate surface area is 245 Å². The van der Waals surface area contributed by atoms with E-state index in [0.29, 0.717) is 38.3 Å². The first-order valence-corrected chi connectivity index (χ1v) is 13.9. The summed E-state index contributed by atoms with van der Waals surface area (Å²) < 4.78 is 60.3. The van der Waals surface area contributed by atoms with Crippen LogP contribution in [0.3, 0.4) is 0 Å². The Balaban J connectivity index is 1.55. The van der Waals surface area contributed by atoms with Crippen LogP contribution in [0.4, 0.5) is 23.2 Å². The molecule has 4 aromatic rings. The van der Waals surface area contributed by atoms with Crippen molar-refractivity contribution in [2.24, 2.45) is 12.8 Å². The van der Waals surface area contributed by atoms with Gasteiger partial charge in [-0.3, -0.25) is 23.5 Å². The highest BCUT2D eigenvalue weighted by molar-refractivity contribution is 5.50. The topological polar surface area (TPSA) is 94.3 Å². The van der Waals surface area contributed by atoms with E-state index in [9.17, 15) is 27.2 Å². The van der Waals surface area contributed by atoms with E-state index < -0.39 is 47.0 Å². The number of aromatic nitrogens is 4. The van der Waals surface area contributed by atoms with E-state index in [1.54, 1.807) is 41.2 Å². The van der Waals surface area contributed by atoms with Crippen molar-refractivity contribution < 1.29 is 17.6 Å². The summed E-state index contributed by atoms with van der Waals surface area (Å²) in [6, 6.07) is 12.8. The van der Waals surface area contributed by atoms with Gasteiger partial charge in [-0.05, 0) is 30.7 Å². The number of halogens is 4. The molecule has 13 heteroatoms. The van der Waals surface area contributed by atoms with Crippen molar-refractivity contribution >= 4 is 5.69 Å². The van der Waals surface area contributed by atoms with Gasteiger partial charge >= 0.3 is 11.9 Å². The number of anilines is 1. The summed E-state index contributed by atoms with van der Waals surface area (Å²) in [6.07, 6.45) is -3.12. The molecule has 0 amide bonds. The maximum Gasteiger partial charge on any atom is 0.416 e. The lowest BCUT2D eigenvalue weighted by Crippen LogP contribution is -2.51. The van der Waals surface area contributed by atoms with Crippen LogP contribution < -0.4 is 21.9 Å². The molecule has 9 nitrogen and oxygen atoms in total. The molecule has 0 spiro atoms. The maximum absolute atomic E-state index is 14.9. The molecule has 0 radical (unpaired) electrons. The second-order valence-electron chi connectivity index (χ2n) is 10.7. The van der Waals surface area contributed by atoms with Crippen LogP contribution in [0.2, 0.25) is 0 Å². The SMILES string of the molecule is Cc1c(N2CCN(Cc3ccnn3C)CC2)c(=O)n(CC(N)c2ccccc2)c(=O)n1Cc1c(F)cccc1C(F)(F)F. The number of hydrogen-bond acceptors (Lipinski definition) is 6. The molecule has 1 fully saturated rings. The van der Waals surface area contributed by atoms with Crippen molar-refractivity contribution in [2.45, 2.75) is 38.8 Å². The van der Waals surface area contributed by atoms with Crippen LogP contribution >= 0.6 is 0 Å². The molecule has 43 heavy (non-hydrogen) atoms. The molecule has 3 heterocycles. The van der Waals surface area contributed by atoms with Gasteiger partial charge in [-0.25, -0.2) is 9.18 Å². The van der Waals surface area contributed by atoms with Crippen LogP contribution in [0.1, 0.15) is 34.1 Å². The summed E-state index contributed by atoms with van der Waals surface area (Å²) in [4.78, 5) is 31.8. The molecule has 228 valence electrons. The lowest BCUT2D eigenvalue weighted by molar-refractivity contribution is -0.138. The Kier molecular flexibility index (Phi) is 8.56. The standard InChI is InChI=1S/C30H33F4N7O2/c1-20-27(39-15-13-38(14-16-39)17-22-11-12-36-37(22)2)28(42)41(19-26(35)21-7-4-3-5-8-21)29(43)40(20)18-23-24(30(32,33)34)9-6-10-25(23)31/h3-12,26H,13-19,35H2,1-2H3. The van der Waals surface area contributed by atoms with Gasteiger partial charge in [0.25, 0.3) is 5.56 Å². The smallest absolute Gasteiger partial charge is 0.363 e. The van der Waals surface area contributed by atoms with Gasteiger partial charge in [0.05, 0.1) is 24.3 Å². The van der Waals surface area contributed by atoms with E-state index in [0.717, 1.165) is 33.0 Å². The first kappa shape index (κ1) is 30.2. The van der Waals surface area contributed by atoms with Gasteiger partial charge in [0.1, 0.15) is 11.5 Å². The highest BCUT2D eigenvalue weighted by Crippen LogP contribution is 2.33. The van der Waals surface area contributed by atoms with Crippen LogP contribution in [0.5, 0.6) is 0 Å². The fourth-order valence-corrected chi connectivity index (χ4v) is 5.56. The van der Waals surface area contributed by atoms with Crippen molar-refractivity contribution in [3.63, 3.8) is 0 Å². The van der Waals surface area contributed by atoms with Crippen LogP contribution in [0, 0.1) is 12.7 Å². The predicted octanol–water partition coefficient (Wildman–Crippen LogP) is 3.28. The van der Waals surface area contributed by atoms with Gasteiger partial charge in [0, 0.05) is 63.3 Å². The zero-order valence-corrected chi connectivity index (χ0v) is 23.9. The molecule has 2 N–H and O–H groups in total. The Morgan fingerprint density at radius 2 is 1.63 bits per heavy atom. The van der Waals surface area contributed by atoms with Crippen molar-refractivity contribution in [3.05, 3.63) is 116 Å². The number of piperazine rings is 1. The molecule has 1 unspecified atom stereocenters. The first-order chi connectivity index (χ1) is 20.5. The van der Waals surface area contributed by atoms with Crippen LogP contribution in [-0.2, 0) is 32.9 Å². The lowest BCUT2D eigenvalue weighted by Gasteiger charge is -2.36. The fraction of sp³-hybridized carbons (Fsp3) is 0.367. The molecule has 1 aliphatic rings. The van der Waals surface area contributed by atoms with E-state index in [2.05, 4.69) is 10.00 Å². The third-order valence-corrected chi connectivity index (χ3v) is 8.00. The van der Waals surface area contributed by atoms with Gasteiger partial charge in [-0.1, -0.05) is 36.4 Å². The highest BCUT2D eigenvalue weighted by Gasteiger charge is 2.35. The fourth-order valence-electron chi connectivity index (χ4n) is 5.56. The normalized spacial score (nSPS) is 15.2. The third-order valence-electron chi connectivity index (χ3n) is 8.00. The summed E-state index contributed by atoms with van der Waals surface area (Å²) in [5, 5.41) is 4.20. The maximum atomic E-state index is 14.9. The summed E-state index contributed by atoms with van der Waals surface area (Å²) in [5.74, 6) is -1.09. The minimum Gasteiger partial charge on any atom is -0.363 e. The number of rotatable bonds is 8. The Bertz CT molecular complexity index is 1700. The number of nitrogens with two attached hydrogens (primary N) is 1. The summed E-state index contributed by atoms with van der Waals surface area (Å²) in [5.41, 5.74) is 5.15. The van der Waals surface area contributed by atoms with E-state index in [4.69, 9.17) is 5.73 Å². The van der Waals surface area contributed by atoms with Crippen LogP contribution in [0.15, 0.2) is 70.4 Å². The van der Waals surface area contributed by atoms with Gasteiger partial charge < -0.3 is 10.6 Å². The molecule has 1 atom stereocenters. The Morgan fingerprint density at radius 1 is 0.930 bits per heavy atom. The molecule has 0 aliphatic carbocycles. The molecule has 1 aliphatic heterocycles. The summed E-state index contributed by atoms with van der Waals surface area (Å²) in [6.45, 7) is 3.31. The molecule has 0 bridgehead atoms. The number of nitrogens with zero attached hydrogens (tertiary/aromatic N) is 6. The van der Waals surface area contributed by atoms with Crippen molar-refractivity contribution in [3.8, 4) is 0 Å². The Morgan fingerprint density at radius 3 is 2.26 bits per heavy atom. The van der Waals surface area contributed by atoms with E-state index in [1.165, 1.54) is 6.92 Å². The largest absolute Gasteiger partial charge is 0.416 e. The van der Waals surface area contributed by atoms with Gasteiger partial charge in [0.15, 0.2) is 0 Å². The second kappa shape index (κ2) is 12.2. The first-order valence-electron chi connectivity index (χ1n) is 13.9. The molecular weight excluding hydrogens is 566 g/mol. The van der Waals surface area contributed by atoms with Gasteiger partial charge in [-0.2, -0.15) is 18.3 Å². The monoisotopic (exact) mass is 599 g/mol. The van der Waals surface area contributed by atoms with Crippen molar-refractivity contribution in [2.75, 3.05) is 31.1 Å². The lowest BCUT2D eigenvalue weighted by atomic mass is 10.1. The minimum absolute atomic E-state index is 0.163. The zero-order valence-electron chi connectivity index (χ0n) is 23.9. The Hall–Kier alpha value is -4.23. The third kappa shape index (κ3) is 6.27. The van der Waals surface area contributed by atoms with Gasteiger partial charge in [-0.15, -0.1) is 0 Å². The minimum atomic E-state index is -4.84. The number of hydrogen-bond donors (Lipinski definition) is 1. The van der Waals surface area contributed by atoms with E-state index in [1.807, 2.05) is 18.0 Å². The van der Waals surface area contributed by atoms with Crippen LogP contribution in [0.25, 0.3) is 0 Å². The average molecular weight is 600 g/mol. The molecular formula is C30H33F4N7O2. The zero-order chi connectivity index (χ0) is 30.9. The van der Waals surface area contributed by atoms with E-state index in [-0.39, 0.29) is 17.9 Å². The van der Waals surface area contributed by atoms with Gasteiger partial charge in [0.2, 0.25) is 0 Å². The van der Waals surface area contributed by atoms with Crippen molar-refractivity contribution in [1.29, 1.82) is 0 Å². The van der Waals surface area contributed by atoms with Crippen molar-refractivity contribution in [1.82, 2.24) is 23.8 Å². The molecule has 1 saturated heterocycles. The van der Waals surface area contributed by atoms with E-state index >= 15 is 0 Å². The quantitative estimate of drug-likeness (QED) is 0.313. The number of benzene rings is 2. The molecule has 0 saturated carbocycles. The van der Waals surface area contributed by atoms with Crippen LogP contribution in [-0.4, -0.2) is 50.0 Å². The number of aryl methyl sites for hydroxylation is 1. The molecule has 2 aromatic carbocycles. The number of alkyl halides is 3. The molecule has 2 aromatic heterocycles. The average Bonchev–Trinajstić information content (AvgIpc) is 3.38. The predicted molar refractivity (Wildman–Crippen MR) is 154 cm³/mol. The molecule has 5 rings (SSSR count).